The fourth-order valence-electron chi connectivity index (χ4n) is 10.3. The van der Waals surface area contributed by atoms with E-state index in [2.05, 4.69) is 234 Å². The van der Waals surface area contributed by atoms with E-state index in [4.69, 9.17) is 11.6 Å². The predicted octanol–water partition coefficient (Wildman–Crippen LogP) is 18.2. The minimum Gasteiger partial charge on any atom is -0.310 e. The molecule has 0 fully saturated rings. The number of anilines is 6. The highest BCUT2D eigenvalue weighted by atomic mass is 35.5. The maximum Gasteiger partial charge on any atom is 0.0540 e. The summed E-state index contributed by atoms with van der Waals surface area (Å²) in [5, 5.41) is 0.690. The minimum absolute atomic E-state index is 0.0285. The Kier molecular flexibility index (Phi) is 11.2. The predicted molar refractivity (Wildman–Crippen MR) is 274 cm³/mol. The Bertz CT molecular complexity index is 2650. The topological polar surface area (TPSA) is 6.48 Å². The molecular weight excluding hydrogens is 784 g/mol. The number of fused-ring (bicyclic) bond motifs is 2. The number of rotatable bonds is 7. The second-order valence-corrected chi connectivity index (χ2v) is 23.9. The molecule has 6 aromatic carbocycles. The van der Waals surface area contributed by atoms with Gasteiger partial charge in [0.25, 0.3) is 0 Å². The number of hydrogen-bond acceptors (Lipinski definition) is 2. The van der Waals surface area contributed by atoms with Crippen LogP contribution in [0, 0.1) is 0 Å². The molecule has 0 amide bonds. The standard InChI is InChI=1S/C60H71ClN2/c1-55(2,3)41-20-23-44(24-21-41)62(45-25-27-50-52(38-45)59(11,12)32-30-57(50,7)8)47-35-43(61)36-48(37-47)63(46-26-28-51-53(39-46)60(13,14)33-31-58(51,9)10)54-29-22-42(56(4,5)6)34-49(54)40-18-16-15-17-19-40/h15-29,34-39H,30-33H2,1-14H3. The van der Waals surface area contributed by atoms with Gasteiger partial charge in [-0.1, -0.05) is 169 Å². The van der Waals surface area contributed by atoms with Crippen LogP contribution in [-0.4, -0.2) is 0 Å². The van der Waals surface area contributed by atoms with E-state index in [9.17, 15) is 0 Å². The summed E-state index contributed by atoms with van der Waals surface area (Å²) in [7, 11) is 0. The van der Waals surface area contributed by atoms with E-state index in [1.165, 1.54) is 57.3 Å². The third kappa shape index (κ3) is 8.62. The van der Waals surface area contributed by atoms with Gasteiger partial charge in [-0.15, -0.1) is 0 Å². The maximum absolute atomic E-state index is 7.46. The van der Waals surface area contributed by atoms with Crippen molar-refractivity contribution in [1.82, 2.24) is 0 Å². The molecule has 0 saturated carbocycles. The van der Waals surface area contributed by atoms with Crippen LogP contribution in [0.15, 0.2) is 127 Å². The van der Waals surface area contributed by atoms with E-state index < -0.39 is 0 Å². The molecule has 2 nitrogen and oxygen atoms in total. The minimum atomic E-state index is -0.0285. The summed E-state index contributed by atoms with van der Waals surface area (Å²) in [4.78, 5) is 4.90. The van der Waals surface area contributed by atoms with Crippen LogP contribution in [0.1, 0.15) is 156 Å². The zero-order chi connectivity index (χ0) is 45.5. The lowest BCUT2D eigenvalue weighted by Crippen LogP contribution is -2.34. The number of nitrogens with zero attached hydrogens (tertiary/aromatic N) is 2. The summed E-state index contributed by atoms with van der Waals surface area (Å²) in [6.45, 7) is 33.1. The van der Waals surface area contributed by atoms with Crippen LogP contribution in [0.25, 0.3) is 11.1 Å². The zero-order valence-corrected chi connectivity index (χ0v) is 41.5. The first kappa shape index (κ1) is 44.8. The summed E-state index contributed by atoms with van der Waals surface area (Å²) in [6.07, 6.45) is 4.64. The fourth-order valence-corrected chi connectivity index (χ4v) is 10.5. The van der Waals surface area contributed by atoms with Gasteiger partial charge in [0.15, 0.2) is 0 Å². The highest BCUT2D eigenvalue weighted by Crippen LogP contribution is 2.52. The van der Waals surface area contributed by atoms with Crippen molar-refractivity contribution in [3.8, 4) is 11.1 Å². The van der Waals surface area contributed by atoms with Crippen molar-refractivity contribution >= 4 is 45.7 Å². The van der Waals surface area contributed by atoms with Crippen molar-refractivity contribution in [3.05, 3.63) is 166 Å². The van der Waals surface area contributed by atoms with Gasteiger partial charge in [0.2, 0.25) is 0 Å². The van der Waals surface area contributed by atoms with Gasteiger partial charge in [-0.3, -0.25) is 0 Å². The lowest BCUT2D eigenvalue weighted by Gasteiger charge is -2.43. The summed E-state index contributed by atoms with van der Waals surface area (Å²) in [5.41, 5.74) is 17.6. The van der Waals surface area contributed by atoms with Gasteiger partial charge in [0.1, 0.15) is 0 Å². The molecule has 2 aliphatic carbocycles. The molecule has 0 heterocycles. The highest BCUT2D eigenvalue weighted by Gasteiger charge is 2.39. The first-order chi connectivity index (χ1) is 29.4. The normalized spacial score (nSPS) is 17.4. The van der Waals surface area contributed by atoms with Gasteiger partial charge in [0.05, 0.1) is 5.69 Å². The lowest BCUT2D eigenvalue weighted by molar-refractivity contribution is 0.332. The van der Waals surface area contributed by atoms with E-state index in [1.807, 2.05) is 0 Å². The van der Waals surface area contributed by atoms with E-state index >= 15 is 0 Å². The Morgan fingerprint density at radius 3 is 1.32 bits per heavy atom. The number of hydrogen-bond donors (Lipinski definition) is 0. The van der Waals surface area contributed by atoms with Gasteiger partial charge in [-0.2, -0.15) is 0 Å². The van der Waals surface area contributed by atoms with E-state index in [-0.39, 0.29) is 32.5 Å². The smallest absolute Gasteiger partial charge is 0.0540 e. The van der Waals surface area contributed by atoms with Crippen molar-refractivity contribution in [1.29, 1.82) is 0 Å². The quantitative estimate of drug-likeness (QED) is 0.158. The number of halogens is 1. The molecule has 0 N–H and O–H groups in total. The van der Waals surface area contributed by atoms with Crippen LogP contribution in [0.3, 0.4) is 0 Å². The Hall–Kier alpha value is -4.79. The number of benzene rings is 6. The Balaban J connectivity index is 1.40. The molecule has 6 aromatic rings. The molecule has 0 bridgehead atoms. The second-order valence-electron chi connectivity index (χ2n) is 23.5. The molecule has 328 valence electrons. The van der Waals surface area contributed by atoms with Gasteiger partial charge in [0, 0.05) is 39.0 Å². The van der Waals surface area contributed by atoms with Crippen molar-refractivity contribution < 1.29 is 0 Å². The van der Waals surface area contributed by atoms with Crippen molar-refractivity contribution in [3.63, 3.8) is 0 Å². The van der Waals surface area contributed by atoms with Crippen molar-refractivity contribution in [2.24, 2.45) is 0 Å². The molecule has 2 aliphatic rings. The molecule has 0 radical (unpaired) electrons. The zero-order valence-electron chi connectivity index (χ0n) is 40.7. The van der Waals surface area contributed by atoms with Crippen LogP contribution in [0.4, 0.5) is 34.1 Å². The van der Waals surface area contributed by atoms with Gasteiger partial charge in [-0.05, 0) is 164 Å². The largest absolute Gasteiger partial charge is 0.310 e. The van der Waals surface area contributed by atoms with Gasteiger partial charge in [-0.25, -0.2) is 0 Å². The van der Waals surface area contributed by atoms with Crippen molar-refractivity contribution in [2.75, 3.05) is 9.80 Å². The van der Waals surface area contributed by atoms with Crippen LogP contribution < -0.4 is 9.80 Å². The first-order valence-corrected chi connectivity index (χ1v) is 23.8. The molecule has 0 atom stereocenters. The first-order valence-electron chi connectivity index (χ1n) is 23.4. The lowest BCUT2D eigenvalue weighted by atomic mass is 9.63. The van der Waals surface area contributed by atoms with Crippen LogP contribution in [-0.2, 0) is 32.5 Å². The molecule has 0 aromatic heterocycles. The average molecular weight is 856 g/mol. The van der Waals surface area contributed by atoms with Crippen LogP contribution in [0.2, 0.25) is 5.02 Å². The van der Waals surface area contributed by atoms with Gasteiger partial charge < -0.3 is 9.80 Å². The third-order valence-electron chi connectivity index (χ3n) is 14.8. The molecule has 0 spiro atoms. The fraction of sp³-hybridized carbons (Fsp3) is 0.400. The summed E-state index contributed by atoms with van der Waals surface area (Å²) >= 11 is 7.46. The summed E-state index contributed by atoms with van der Waals surface area (Å²) in [6, 6.07) is 48.3. The summed E-state index contributed by atoms with van der Waals surface area (Å²) < 4.78 is 0. The summed E-state index contributed by atoms with van der Waals surface area (Å²) in [5.74, 6) is 0. The molecule has 3 heteroatoms. The molecular formula is C60H71ClN2. The van der Waals surface area contributed by atoms with Crippen molar-refractivity contribution in [2.45, 2.75) is 155 Å². The molecule has 0 unspecified atom stereocenters. The molecule has 0 saturated heterocycles. The maximum atomic E-state index is 7.46. The Labute approximate surface area is 385 Å². The van der Waals surface area contributed by atoms with E-state index in [0.29, 0.717) is 5.02 Å². The van der Waals surface area contributed by atoms with Crippen LogP contribution >= 0.6 is 11.6 Å². The highest BCUT2D eigenvalue weighted by molar-refractivity contribution is 6.31. The van der Waals surface area contributed by atoms with E-state index in [1.54, 1.807) is 0 Å². The third-order valence-corrected chi connectivity index (χ3v) is 15.0. The Morgan fingerprint density at radius 1 is 0.397 bits per heavy atom. The Morgan fingerprint density at radius 2 is 0.825 bits per heavy atom. The second kappa shape index (κ2) is 15.7. The van der Waals surface area contributed by atoms with Crippen LogP contribution in [0.5, 0.6) is 0 Å². The van der Waals surface area contributed by atoms with E-state index in [0.717, 1.165) is 47.0 Å². The van der Waals surface area contributed by atoms with Gasteiger partial charge >= 0.3 is 0 Å². The SMILES string of the molecule is CC(C)(C)c1ccc(N(c2cc(Cl)cc(N(c3ccc4c(c3)C(C)(C)CCC4(C)C)c3ccc(C(C)(C)C)cc3-c3ccccc3)c2)c2ccc3c(c2)C(C)(C)CCC3(C)C)cc1. The molecule has 63 heavy (non-hydrogen) atoms. The molecule has 0 aliphatic heterocycles. The monoisotopic (exact) mass is 855 g/mol. The molecule has 8 rings (SSSR count). The average Bonchev–Trinajstić information content (AvgIpc) is 3.21.